The summed E-state index contributed by atoms with van der Waals surface area (Å²) >= 11 is 6.02. The molecule has 4 heteroatoms. The third-order valence-electron chi connectivity index (χ3n) is 3.52. The van der Waals surface area contributed by atoms with Gasteiger partial charge < -0.3 is 10.1 Å². The van der Waals surface area contributed by atoms with Crippen molar-refractivity contribution in [2.45, 2.75) is 19.9 Å². The molecular weight excluding hydrogens is 270 g/mol. The smallest absolute Gasteiger partial charge is 0.139 e. The van der Waals surface area contributed by atoms with E-state index in [0.29, 0.717) is 11.6 Å². The van der Waals surface area contributed by atoms with Crippen LogP contribution in [-0.4, -0.2) is 9.38 Å². The van der Waals surface area contributed by atoms with Crippen LogP contribution in [-0.2, 0) is 13.0 Å². The van der Waals surface area contributed by atoms with Gasteiger partial charge in [-0.1, -0.05) is 42.8 Å². The van der Waals surface area contributed by atoms with Crippen LogP contribution in [0.25, 0.3) is 16.9 Å². The topological polar surface area (TPSA) is 43.3 Å². The van der Waals surface area contributed by atoms with Crippen LogP contribution in [0, 0.1) is 0 Å². The molecule has 2 aromatic heterocycles. The highest BCUT2D eigenvalue weighted by atomic mass is 35.5. The zero-order valence-corrected chi connectivity index (χ0v) is 12.1. The number of hydrogen-bond acceptors (Lipinski definition) is 2. The van der Waals surface area contributed by atoms with Crippen LogP contribution >= 0.6 is 11.6 Å². The fourth-order valence-electron chi connectivity index (χ4n) is 2.40. The third kappa shape index (κ3) is 2.19. The van der Waals surface area contributed by atoms with Crippen LogP contribution in [0.5, 0.6) is 0 Å². The van der Waals surface area contributed by atoms with Crippen LogP contribution in [0.15, 0.2) is 42.6 Å². The maximum Gasteiger partial charge on any atom is 0.139 e. The van der Waals surface area contributed by atoms with Gasteiger partial charge in [-0.05, 0) is 18.1 Å². The Labute approximate surface area is 123 Å². The van der Waals surface area contributed by atoms with Crippen molar-refractivity contribution in [2.24, 2.45) is 5.73 Å². The number of aromatic nitrogens is 2. The summed E-state index contributed by atoms with van der Waals surface area (Å²) in [7, 11) is 0. The highest BCUT2D eigenvalue weighted by molar-refractivity contribution is 6.30. The number of rotatable bonds is 3. The maximum atomic E-state index is 6.02. The molecule has 0 radical (unpaired) electrons. The highest BCUT2D eigenvalue weighted by Crippen LogP contribution is 2.26. The number of pyridine rings is 1. The molecule has 3 nitrogen and oxygen atoms in total. The van der Waals surface area contributed by atoms with Gasteiger partial charge in [-0.2, -0.15) is 0 Å². The molecule has 1 aromatic carbocycles. The highest BCUT2D eigenvalue weighted by Gasteiger charge is 2.12. The Bertz CT molecular complexity index is 744. The summed E-state index contributed by atoms with van der Waals surface area (Å²) in [6.45, 7) is 2.58. The van der Waals surface area contributed by atoms with Gasteiger partial charge in [-0.15, -0.1) is 0 Å². The monoisotopic (exact) mass is 285 g/mol. The summed E-state index contributed by atoms with van der Waals surface area (Å²) in [4.78, 5) is 4.67. The number of imidazole rings is 1. The van der Waals surface area contributed by atoms with Crippen molar-refractivity contribution < 1.29 is 0 Å². The minimum Gasteiger partial charge on any atom is -0.325 e. The maximum absolute atomic E-state index is 6.02. The normalized spacial score (nSPS) is 11.2. The summed E-state index contributed by atoms with van der Waals surface area (Å²) in [5, 5.41) is 0.680. The minimum absolute atomic E-state index is 0.438. The van der Waals surface area contributed by atoms with Gasteiger partial charge in [-0.3, -0.25) is 0 Å². The Hall–Kier alpha value is -1.84. The molecule has 2 N–H and O–H groups in total. The Morgan fingerprint density at radius 3 is 2.60 bits per heavy atom. The van der Waals surface area contributed by atoms with E-state index in [2.05, 4.69) is 36.2 Å². The van der Waals surface area contributed by atoms with Crippen LogP contribution in [0.2, 0.25) is 5.02 Å². The second-order valence-corrected chi connectivity index (χ2v) is 5.17. The molecule has 0 aliphatic rings. The van der Waals surface area contributed by atoms with Crippen molar-refractivity contribution in [3.63, 3.8) is 0 Å². The molecule has 0 amide bonds. The van der Waals surface area contributed by atoms with E-state index >= 15 is 0 Å². The zero-order valence-electron chi connectivity index (χ0n) is 11.3. The van der Waals surface area contributed by atoms with Gasteiger partial charge in [0.2, 0.25) is 0 Å². The first-order chi connectivity index (χ1) is 9.72. The van der Waals surface area contributed by atoms with E-state index in [1.807, 2.05) is 22.7 Å². The molecule has 0 fully saturated rings. The largest absolute Gasteiger partial charge is 0.325 e. The van der Waals surface area contributed by atoms with E-state index in [9.17, 15) is 0 Å². The fraction of sp³-hybridized carbons (Fsp3) is 0.188. The van der Waals surface area contributed by atoms with E-state index in [1.54, 1.807) is 0 Å². The SMILES string of the molecule is CCc1ccc(-c2nc3cc(Cl)ccn3c2CN)cc1. The molecular formula is C16H16ClN3. The number of nitrogens with two attached hydrogens (primary N) is 1. The summed E-state index contributed by atoms with van der Waals surface area (Å²) in [6.07, 6.45) is 2.95. The lowest BCUT2D eigenvalue weighted by molar-refractivity contribution is 0.962. The van der Waals surface area contributed by atoms with E-state index < -0.39 is 0 Å². The van der Waals surface area contributed by atoms with Gasteiger partial charge in [0, 0.05) is 29.4 Å². The Balaban J connectivity index is 2.18. The van der Waals surface area contributed by atoms with Gasteiger partial charge in [0.25, 0.3) is 0 Å². The predicted molar refractivity (Wildman–Crippen MR) is 82.9 cm³/mol. The second kappa shape index (κ2) is 5.27. The number of aryl methyl sites for hydroxylation is 1. The number of benzene rings is 1. The predicted octanol–water partition coefficient (Wildman–Crippen LogP) is 3.68. The zero-order chi connectivity index (χ0) is 14.1. The number of halogens is 1. The van der Waals surface area contributed by atoms with Crippen molar-refractivity contribution in [3.05, 3.63) is 58.9 Å². The molecule has 20 heavy (non-hydrogen) atoms. The van der Waals surface area contributed by atoms with Gasteiger partial charge in [0.05, 0.1) is 11.4 Å². The molecule has 0 bridgehead atoms. The van der Waals surface area contributed by atoms with Crippen LogP contribution < -0.4 is 5.73 Å². The Morgan fingerprint density at radius 2 is 1.95 bits per heavy atom. The van der Waals surface area contributed by atoms with Gasteiger partial charge in [-0.25, -0.2) is 4.98 Å². The summed E-state index contributed by atoms with van der Waals surface area (Å²) in [5.41, 5.74) is 11.1. The van der Waals surface area contributed by atoms with Crippen LogP contribution in [0.4, 0.5) is 0 Å². The molecule has 3 aromatic rings. The Morgan fingerprint density at radius 1 is 1.20 bits per heavy atom. The first kappa shape index (κ1) is 13.2. The van der Waals surface area contributed by atoms with Gasteiger partial charge in [0.1, 0.15) is 5.65 Å². The third-order valence-corrected chi connectivity index (χ3v) is 3.75. The standard InChI is InChI=1S/C16H16ClN3/c1-2-11-3-5-12(6-4-11)16-14(10-18)20-8-7-13(17)9-15(20)19-16/h3-9H,2,10,18H2,1H3. The van der Waals surface area contributed by atoms with Gasteiger partial charge in [0.15, 0.2) is 0 Å². The molecule has 0 spiro atoms. The lowest BCUT2D eigenvalue weighted by Gasteiger charge is -2.03. The average molecular weight is 286 g/mol. The molecule has 3 rings (SSSR count). The minimum atomic E-state index is 0.438. The van der Waals surface area contributed by atoms with Gasteiger partial charge >= 0.3 is 0 Å². The van der Waals surface area contributed by atoms with Crippen molar-refractivity contribution in [3.8, 4) is 11.3 Å². The number of fused-ring (bicyclic) bond motifs is 1. The lowest BCUT2D eigenvalue weighted by Crippen LogP contribution is -2.02. The van der Waals surface area contributed by atoms with E-state index in [-0.39, 0.29) is 0 Å². The summed E-state index contributed by atoms with van der Waals surface area (Å²) < 4.78 is 1.99. The van der Waals surface area contributed by atoms with Crippen LogP contribution in [0.1, 0.15) is 18.2 Å². The van der Waals surface area contributed by atoms with E-state index in [0.717, 1.165) is 29.0 Å². The van der Waals surface area contributed by atoms with Crippen molar-refractivity contribution in [1.82, 2.24) is 9.38 Å². The van der Waals surface area contributed by atoms with Crippen molar-refractivity contribution in [1.29, 1.82) is 0 Å². The molecule has 0 aliphatic carbocycles. The summed E-state index contributed by atoms with van der Waals surface area (Å²) in [6, 6.07) is 12.2. The molecule has 0 unspecified atom stereocenters. The first-order valence-electron chi connectivity index (χ1n) is 6.68. The second-order valence-electron chi connectivity index (χ2n) is 4.73. The first-order valence-corrected chi connectivity index (χ1v) is 7.06. The van der Waals surface area contributed by atoms with E-state index in [1.165, 1.54) is 5.56 Å². The quantitative estimate of drug-likeness (QED) is 0.798. The number of nitrogens with zero attached hydrogens (tertiary/aromatic N) is 2. The molecule has 0 aliphatic heterocycles. The van der Waals surface area contributed by atoms with E-state index in [4.69, 9.17) is 17.3 Å². The Kier molecular flexibility index (Phi) is 3.47. The average Bonchev–Trinajstić information content (AvgIpc) is 2.84. The lowest BCUT2D eigenvalue weighted by atomic mass is 10.1. The van der Waals surface area contributed by atoms with Crippen molar-refractivity contribution in [2.75, 3.05) is 0 Å². The molecule has 0 atom stereocenters. The van der Waals surface area contributed by atoms with Crippen molar-refractivity contribution >= 4 is 17.2 Å². The molecule has 0 saturated carbocycles. The summed E-state index contributed by atoms with van der Waals surface area (Å²) in [5.74, 6) is 0. The molecule has 102 valence electrons. The molecule has 2 heterocycles. The number of hydrogen-bond donors (Lipinski definition) is 1. The fourth-order valence-corrected chi connectivity index (χ4v) is 2.55. The molecule has 0 saturated heterocycles. The van der Waals surface area contributed by atoms with Crippen LogP contribution in [0.3, 0.4) is 0 Å².